The van der Waals surface area contributed by atoms with Crippen LogP contribution in [-0.2, 0) is 6.42 Å². The Hall–Kier alpha value is -1.57. The van der Waals surface area contributed by atoms with Crippen LogP contribution in [0.4, 0.5) is 0 Å². The van der Waals surface area contributed by atoms with Crippen molar-refractivity contribution in [3.8, 4) is 11.3 Å². The third-order valence-corrected chi connectivity index (χ3v) is 3.73. The van der Waals surface area contributed by atoms with E-state index in [4.69, 9.17) is 4.98 Å². The number of hydrogen-bond acceptors (Lipinski definition) is 1. The third kappa shape index (κ3) is 1.78. The van der Waals surface area contributed by atoms with Crippen molar-refractivity contribution >= 4 is 0 Å². The minimum Gasteiger partial charge on any atom is -0.331 e. The normalized spacial score (nSPS) is 19.1. The average Bonchev–Trinajstić information content (AvgIpc) is 2.75. The lowest BCUT2D eigenvalue weighted by molar-refractivity contribution is 0.426. The smallest absolute Gasteiger partial charge is 0.109 e. The molecule has 1 unspecified atom stereocenters. The van der Waals surface area contributed by atoms with Gasteiger partial charge >= 0.3 is 0 Å². The number of aromatic nitrogens is 2. The van der Waals surface area contributed by atoms with Gasteiger partial charge in [-0.05, 0) is 32.3 Å². The highest BCUT2D eigenvalue weighted by atomic mass is 15.1. The van der Waals surface area contributed by atoms with Crippen LogP contribution in [0, 0.1) is 6.92 Å². The summed E-state index contributed by atoms with van der Waals surface area (Å²) in [5.74, 6) is 1.25. The Balaban J connectivity index is 2.08. The molecule has 0 saturated heterocycles. The van der Waals surface area contributed by atoms with E-state index in [0.29, 0.717) is 6.04 Å². The van der Waals surface area contributed by atoms with Crippen LogP contribution in [0.3, 0.4) is 0 Å². The van der Waals surface area contributed by atoms with Crippen LogP contribution in [0.25, 0.3) is 11.3 Å². The van der Waals surface area contributed by atoms with Gasteiger partial charge in [0.15, 0.2) is 0 Å². The first-order valence-electron chi connectivity index (χ1n) is 6.39. The van der Waals surface area contributed by atoms with Gasteiger partial charge in [-0.25, -0.2) is 4.98 Å². The summed E-state index contributed by atoms with van der Waals surface area (Å²) in [7, 11) is 0. The molecule has 1 aliphatic rings. The van der Waals surface area contributed by atoms with Crippen LogP contribution < -0.4 is 0 Å². The zero-order chi connectivity index (χ0) is 11.8. The Morgan fingerprint density at radius 2 is 2.12 bits per heavy atom. The monoisotopic (exact) mass is 226 g/mol. The van der Waals surface area contributed by atoms with Crippen LogP contribution in [-0.4, -0.2) is 9.55 Å². The molecule has 2 heteroatoms. The highest BCUT2D eigenvalue weighted by molar-refractivity contribution is 5.63. The summed E-state index contributed by atoms with van der Waals surface area (Å²) in [6, 6.07) is 9.08. The number of rotatable bonds is 1. The van der Waals surface area contributed by atoms with Crippen molar-refractivity contribution in [2.75, 3.05) is 0 Å². The average molecular weight is 226 g/mol. The fraction of sp³-hybridized carbons (Fsp3) is 0.400. The molecule has 17 heavy (non-hydrogen) atoms. The molecular weight excluding hydrogens is 208 g/mol. The fourth-order valence-corrected chi connectivity index (χ4v) is 2.68. The van der Waals surface area contributed by atoms with Crippen LogP contribution in [0.15, 0.2) is 30.5 Å². The summed E-state index contributed by atoms with van der Waals surface area (Å²) in [6.07, 6.45) is 5.89. The molecule has 0 fully saturated rings. The van der Waals surface area contributed by atoms with E-state index in [9.17, 15) is 0 Å². The lowest BCUT2D eigenvalue weighted by atomic mass is 10.1. The second-order valence-electron chi connectivity index (χ2n) is 5.01. The van der Waals surface area contributed by atoms with Crippen molar-refractivity contribution in [1.82, 2.24) is 9.55 Å². The minimum absolute atomic E-state index is 0.601. The van der Waals surface area contributed by atoms with Gasteiger partial charge in [-0.15, -0.1) is 0 Å². The number of fused-ring (bicyclic) bond motifs is 1. The van der Waals surface area contributed by atoms with Crippen LogP contribution in [0.5, 0.6) is 0 Å². The molecule has 1 atom stereocenters. The molecule has 0 radical (unpaired) electrons. The molecule has 1 aromatic carbocycles. The molecule has 1 aliphatic heterocycles. The summed E-state index contributed by atoms with van der Waals surface area (Å²) < 4.78 is 2.35. The zero-order valence-corrected chi connectivity index (χ0v) is 10.5. The lowest BCUT2D eigenvalue weighted by Crippen LogP contribution is -2.14. The molecule has 1 aromatic heterocycles. The number of hydrogen-bond donors (Lipinski definition) is 0. The van der Waals surface area contributed by atoms with E-state index in [2.05, 4.69) is 48.9 Å². The first-order valence-corrected chi connectivity index (χ1v) is 6.39. The molecule has 2 nitrogen and oxygen atoms in total. The molecular formula is C15H18N2. The summed E-state index contributed by atoms with van der Waals surface area (Å²) in [6.45, 7) is 4.43. The highest BCUT2D eigenvalue weighted by Gasteiger charge is 2.18. The largest absolute Gasteiger partial charge is 0.331 e. The van der Waals surface area contributed by atoms with E-state index >= 15 is 0 Å². The van der Waals surface area contributed by atoms with Gasteiger partial charge < -0.3 is 4.57 Å². The second kappa shape index (κ2) is 4.02. The van der Waals surface area contributed by atoms with Gasteiger partial charge in [0.1, 0.15) is 5.82 Å². The van der Waals surface area contributed by atoms with E-state index in [1.54, 1.807) is 0 Å². The van der Waals surface area contributed by atoms with E-state index in [0.717, 1.165) is 12.1 Å². The predicted molar refractivity (Wildman–Crippen MR) is 70.0 cm³/mol. The van der Waals surface area contributed by atoms with Crippen molar-refractivity contribution in [2.24, 2.45) is 0 Å². The summed E-state index contributed by atoms with van der Waals surface area (Å²) in [4.78, 5) is 4.80. The highest BCUT2D eigenvalue weighted by Crippen LogP contribution is 2.29. The standard InChI is InChI=1S/C15H18N2/c1-11-6-3-4-8-13(11)14-10-17-12(2)7-5-9-15(17)16-14/h3-4,6,8,10,12H,5,7,9H2,1-2H3. The molecule has 0 saturated carbocycles. The van der Waals surface area contributed by atoms with Gasteiger partial charge in [-0.2, -0.15) is 0 Å². The summed E-state index contributed by atoms with van der Waals surface area (Å²) in [5.41, 5.74) is 3.70. The number of aryl methyl sites for hydroxylation is 2. The summed E-state index contributed by atoms with van der Waals surface area (Å²) in [5, 5.41) is 0. The van der Waals surface area contributed by atoms with Gasteiger partial charge in [0.05, 0.1) is 5.69 Å². The van der Waals surface area contributed by atoms with E-state index in [1.807, 2.05) is 0 Å². The molecule has 3 rings (SSSR count). The Labute approximate surface area is 102 Å². The molecule has 2 aromatic rings. The quantitative estimate of drug-likeness (QED) is 0.724. The molecule has 0 N–H and O–H groups in total. The Kier molecular flexibility index (Phi) is 2.50. The lowest BCUT2D eigenvalue weighted by Gasteiger charge is -2.20. The van der Waals surface area contributed by atoms with Crippen molar-refractivity contribution in [3.63, 3.8) is 0 Å². The van der Waals surface area contributed by atoms with Crippen molar-refractivity contribution in [3.05, 3.63) is 41.9 Å². The maximum Gasteiger partial charge on any atom is 0.109 e. The second-order valence-corrected chi connectivity index (χ2v) is 5.01. The number of imidazole rings is 1. The third-order valence-electron chi connectivity index (χ3n) is 3.73. The SMILES string of the molecule is Cc1ccccc1-c1cn2c(n1)CCCC2C. The molecule has 0 spiro atoms. The zero-order valence-electron chi connectivity index (χ0n) is 10.5. The van der Waals surface area contributed by atoms with Crippen LogP contribution in [0.1, 0.15) is 37.2 Å². The first-order chi connectivity index (χ1) is 8.25. The summed E-state index contributed by atoms with van der Waals surface area (Å²) >= 11 is 0. The molecule has 2 heterocycles. The molecule has 88 valence electrons. The van der Waals surface area contributed by atoms with Crippen molar-refractivity contribution in [2.45, 2.75) is 39.2 Å². The molecule has 0 aliphatic carbocycles. The van der Waals surface area contributed by atoms with Gasteiger partial charge in [-0.3, -0.25) is 0 Å². The Morgan fingerprint density at radius 1 is 1.29 bits per heavy atom. The number of benzene rings is 1. The van der Waals surface area contributed by atoms with E-state index in [-0.39, 0.29) is 0 Å². The van der Waals surface area contributed by atoms with Gasteiger partial charge in [0.25, 0.3) is 0 Å². The minimum atomic E-state index is 0.601. The maximum absolute atomic E-state index is 4.80. The van der Waals surface area contributed by atoms with E-state index < -0.39 is 0 Å². The predicted octanol–water partition coefficient (Wildman–Crippen LogP) is 3.76. The van der Waals surface area contributed by atoms with Gasteiger partial charge in [0.2, 0.25) is 0 Å². The first kappa shape index (κ1) is 10.6. The maximum atomic E-state index is 4.80. The topological polar surface area (TPSA) is 17.8 Å². The fourth-order valence-electron chi connectivity index (χ4n) is 2.68. The van der Waals surface area contributed by atoms with Crippen LogP contribution >= 0.6 is 0 Å². The Bertz CT molecular complexity index is 540. The number of nitrogens with zero attached hydrogens (tertiary/aromatic N) is 2. The van der Waals surface area contributed by atoms with Gasteiger partial charge in [-0.1, -0.05) is 24.3 Å². The van der Waals surface area contributed by atoms with Crippen molar-refractivity contribution in [1.29, 1.82) is 0 Å². The van der Waals surface area contributed by atoms with Crippen LogP contribution in [0.2, 0.25) is 0 Å². The Morgan fingerprint density at radius 3 is 2.88 bits per heavy atom. The van der Waals surface area contributed by atoms with E-state index in [1.165, 1.54) is 29.8 Å². The molecule has 0 bridgehead atoms. The van der Waals surface area contributed by atoms with Crippen molar-refractivity contribution < 1.29 is 0 Å². The molecule has 0 amide bonds. The van der Waals surface area contributed by atoms with Gasteiger partial charge in [0, 0.05) is 24.2 Å².